The van der Waals surface area contributed by atoms with Crippen molar-refractivity contribution in [1.29, 1.82) is 0 Å². The monoisotopic (exact) mass is 232 g/mol. The van der Waals surface area contributed by atoms with Crippen molar-refractivity contribution in [1.82, 2.24) is 10.2 Å². The summed E-state index contributed by atoms with van der Waals surface area (Å²) in [5.41, 5.74) is 1.18. The summed E-state index contributed by atoms with van der Waals surface area (Å²) in [6.45, 7) is 7.17. The molecule has 0 spiro atoms. The molecule has 1 heterocycles. The third kappa shape index (κ3) is 2.28. The molecule has 1 aromatic rings. The summed E-state index contributed by atoms with van der Waals surface area (Å²) in [4.78, 5) is 13.9. The van der Waals surface area contributed by atoms with E-state index in [0.29, 0.717) is 5.92 Å². The summed E-state index contributed by atoms with van der Waals surface area (Å²) in [7, 11) is 0. The molecular formula is C14H20N2O. The van der Waals surface area contributed by atoms with Gasteiger partial charge in [0.1, 0.15) is 0 Å². The van der Waals surface area contributed by atoms with Gasteiger partial charge in [0, 0.05) is 12.6 Å². The Bertz CT molecular complexity index is 390. The van der Waals surface area contributed by atoms with Gasteiger partial charge >= 0.3 is 6.03 Å². The fourth-order valence-corrected chi connectivity index (χ4v) is 2.39. The van der Waals surface area contributed by atoms with Crippen LogP contribution in [0.3, 0.4) is 0 Å². The summed E-state index contributed by atoms with van der Waals surface area (Å²) < 4.78 is 0. The number of hydrogen-bond acceptors (Lipinski definition) is 1. The number of amides is 2. The van der Waals surface area contributed by atoms with E-state index in [1.165, 1.54) is 5.56 Å². The Kier molecular flexibility index (Phi) is 3.36. The van der Waals surface area contributed by atoms with E-state index >= 15 is 0 Å². The van der Waals surface area contributed by atoms with E-state index in [1.807, 2.05) is 23.1 Å². The maximum absolute atomic E-state index is 12.0. The van der Waals surface area contributed by atoms with Gasteiger partial charge < -0.3 is 10.2 Å². The predicted molar refractivity (Wildman–Crippen MR) is 68.7 cm³/mol. The lowest BCUT2D eigenvalue weighted by Crippen LogP contribution is -2.56. The molecular weight excluding hydrogens is 212 g/mol. The molecule has 2 rings (SSSR count). The second kappa shape index (κ2) is 4.78. The molecule has 1 aliphatic rings. The molecule has 0 saturated carbocycles. The lowest BCUT2D eigenvalue weighted by atomic mass is 9.96. The summed E-state index contributed by atoms with van der Waals surface area (Å²) in [6.07, 6.45) is 0. The Hall–Kier alpha value is -1.51. The molecule has 0 bridgehead atoms. The molecule has 0 radical (unpaired) electrons. The maximum atomic E-state index is 12.0. The number of benzene rings is 1. The van der Waals surface area contributed by atoms with Crippen LogP contribution in [-0.4, -0.2) is 23.5 Å². The minimum atomic E-state index is 0.0481. The molecule has 17 heavy (non-hydrogen) atoms. The largest absolute Gasteiger partial charge is 0.338 e. The zero-order chi connectivity index (χ0) is 12.4. The van der Waals surface area contributed by atoms with Gasteiger partial charge in [-0.3, -0.25) is 0 Å². The predicted octanol–water partition coefficient (Wildman–Crippen LogP) is 2.80. The van der Waals surface area contributed by atoms with Gasteiger partial charge in [-0.1, -0.05) is 37.3 Å². The number of nitrogens with one attached hydrogen (secondary N) is 1. The SMILES string of the molecule is C[C@@H]1CNC(=O)N([C@H](C)c2ccccc2)[C@H]1C. The van der Waals surface area contributed by atoms with E-state index in [4.69, 9.17) is 0 Å². The normalized spacial score (nSPS) is 26.5. The number of nitrogens with zero attached hydrogens (tertiary/aromatic N) is 1. The molecule has 3 atom stereocenters. The maximum Gasteiger partial charge on any atom is 0.318 e. The minimum absolute atomic E-state index is 0.0481. The topological polar surface area (TPSA) is 32.3 Å². The molecule has 2 amide bonds. The Labute approximate surface area is 103 Å². The molecule has 0 aliphatic carbocycles. The van der Waals surface area contributed by atoms with Crippen LogP contribution in [0, 0.1) is 5.92 Å². The fraction of sp³-hybridized carbons (Fsp3) is 0.500. The smallest absolute Gasteiger partial charge is 0.318 e. The van der Waals surface area contributed by atoms with E-state index in [0.717, 1.165) is 6.54 Å². The van der Waals surface area contributed by atoms with Crippen molar-refractivity contribution in [2.75, 3.05) is 6.54 Å². The standard InChI is InChI=1S/C14H20N2O/c1-10-9-15-14(17)16(11(10)2)12(3)13-7-5-4-6-8-13/h4-8,10-12H,9H2,1-3H3,(H,15,17)/t10-,11+,12-/m1/s1. The second-order valence-corrected chi connectivity index (χ2v) is 4.90. The highest BCUT2D eigenvalue weighted by atomic mass is 16.2. The van der Waals surface area contributed by atoms with Crippen molar-refractivity contribution in [3.63, 3.8) is 0 Å². The number of rotatable bonds is 2. The van der Waals surface area contributed by atoms with Gasteiger partial charge in [0.15, 0.2) is 0 Å². The Morgan fingerprint density at radius 1 is 1.29 bits per heavy atom. The molecule has 1 saturated heterocycles. The number of carbonyl (C=O) groups is 1. The average molecular weight is 232 g/mol. The van der Waals surface area contributed by atoms with E-state index in [9.17, 15) is 4.79 Å². The van der Waals surface area contributed by atoms with Crippen LogP contribution >= 0.6 is 0 Å². The zero-order valence-corrected chi connectivity index (χ0v) is 10.7. The Morgan fingerprint density at radius 3 is 2.59 bits per heavy atom. The summed E-state index contributed by atoms with van der Waals surface area (Å²) >= 11 is 0. The van der Waals surface area contributed by atoms with Crippen molar-refractivity contribution in [2.24, 2.45) is 5.92 Å². The summed E-state index contributed by atoms with van der Waals surface area (Å²) in [6, 6.07) is 10.6. The van der Waals surface area contributed by atoms with Gasteiger partial charge in [0.25, 0.3) is 0 Å². The van der Waals surface area contributed by atoms with Crippen LogP contribution in [0.1, 0.15) is 32.4 Å². The van der Waals surface area contributed by atoms with Gasteiger partial charge in [-0.25, -0.2) is 4.79 Å². The van der Waals surface area contributed by atoms with Crippen LogP contribution in [0.5, 0.6) is 0 Å². The first-order valence-electron chi connectivity index (χ1n) is 6.22. The van der Waals surface area contributed by atoms with Crippen LogP contribution in [-0.2, 0) is 0 Å². The molecule has 92 valence electrons. The molecule has 1 aliphatic heterocycles. The molecule has 1 aromatic carbocycles. The summed E-state index contributed by atoms with van der Waals surface area (Å²) in [5.74, 6) is 0.485. The van der Waals surface area contributed by atoms with Gasteiger partial charge in [-0.15, -0.1) is 0 Å². The Balaban J connectivity index is 2.23. The lowest BCUT2D eigenvalue weighted by molar-refractivity contribution is 0.109. The first-order chi connectivity index (χ1) is 8.11. The third-order valence-electron chi connectivity index (χ3n) is 3.77. The number of hydrogen-bond donors (Lipinski definition) is 1. The van der Waals surface area contributed by atoms with Gasteiger partial charge in [-0.05, 0) is 25.3 Å². The van der Waals surface area contributed by atoms with Crippen molar-refractivity contribution in [3.8, 4) is 0 Å². The minimum Gasteiger partial charge on any atom is -0.338 e. The fourth-order valence-electron chi connectivity index (χ4n) is 2.39. The highest BCUT2D eigenvalue weighted by Crippen LogP contribution is 2.27. The van der Waals surface area contributed by atoms with Gasteiger partial charge in [0.05, 0.1) is 6.04 Å². The molecule has 0 unspecified atom stereocenters. The quantitative estimate of drug-likeness (QED) is 0.835. The highest BCUT2D eigenvalue weighted by Gasteiger charge is 2.33. The molecule has 0 aromatic heterocycles. The van der Waals surface area contributed by atoms with Crippen LogP contribution in [0.25, 0.3) is 0 Å². The van der Waals surface area contributed by atoms with Gasteiger partial charge in [-0.2, -0.15) is 0 Å². The summed E-state index contributed by atoms with van der Waals surface area (Å²) in [5, 5.41) is 2.95. The first kappa shape index (κ1) is 12.0. The number of carbonyl (C=O) groups excluding carboxylic acids is 1. The number of urea groups is 1. The molecule has 3 heteroatoms. The van der Waals surface area contributed by atoms with Crippen molar-refractivity contribution in [2.45, 2.75) is 32.9 Å². The first-order valence-corrected chi connectivity index (χ1v) is 6.22. The van der Waals surface area contributed by atoms with Crippen LogP contribution in [0.15, 0.2) is 30.3 Å². The van der Waals surface area contributed by atoms with E-state index in [1.54, 1.807) is 0 Å². The molecule has 3 nitrogen and oxygen atoms in total. The van der Waals surface area contributed by atoms with E-state index in [2.05, 4.69) is 38.2 Å². The van der Waals surface area contributed by atoms with E-state index in [-0.39, 0.29) is 18.1 Å². The Morgan fingerprint density at radius 2 is 1.94 bits per heavy atom. The van der Waals surface area contributed by atoms with Crippen LogP contribution in [0.4, 0.5) is 4.79 Å². The highest BCUT2D eigenvalue weighted by molar-refractivity contribution is 5.76. The van der Waals surface area contributed by atoms with Crippen LogP contribution in [0.2, 0.25) is 0 Å². The van der Waals surface area contributed by atoms with Crippen molar-refractivity contribution >= 4 is 6.03 Å². The van der Waals surface area contributed by atoms with Gasteiger partial charge in [0.2, 0.25) is 0 Å². The molecule has 1 fully saturated rings. The molecule has 1 N–H and O–H groups in total. The second-order valence-electron chi connectivity index (χ2n) is 4.90. The van der Waals surface area contributed by atoms with Crippen molar-refractivity contribution < 1.29 is 4.79 Å². The third-order valence-corrected chi connectivity index (χ3v) is 3.77. The lowest BCUT2D eigenvalue weighted by Gasteiger charge is -2.42. The van der Waals surface area contributed by atoms with E-state index < -0.39 is 0 Å². The van der Waals surface area contributed by atoms with Crippen molar-refractivity contribution in [3.05, 3.63) is 35.9 Å². The van der Waals surface area contributed by atoms with Crippen LogP contribution < -0.4 is 5.32 Å². The average Bonchev–Trinajstić information content (AvgIpc) is 2.35. The zero-order valence-electron chi connectivity index (χ0n) is 10.7.